The highest BCUT2D eigenvalue weighted by Gasteiger charge is 2.43. The first-order valence-electron chi connectivity index (χ1n) is 12.2. The van der Waals surface area contributed by atoms with E-state index in [4.69, 9.17) is 0 Å². The van der Waals surface area contributed by atoms with Crippen molar-refractivity contribution in [1.82, 2.24) is 4.90 Å². The summed E-state index contributed by atoms with van der Waals surface area (Å²) in [6.07, 6.45) is 14.9. The van der Waals surface area contributed by atoms with E-state index in [0.29, 0.717) is 18.3 Å². The van der Waals surface area contributed by atoms with Gasteiger partial charge in [-0.3, -0.25) is 0 Å². The topological polar surface area (TPSA) is 43.7 Å². The van der Waals surface area contributed by atoms with Gasteiger partial charge >= 0.3 is 0 Å². The molecule has 0 bridgehead atoms. The van der Waals surface area contributed by atoms with Crippen LogP contribution in [0.5, 0.6) is 0 Å². The summed E-state index contributed by atoms with van der Waals surface area (Å²) in [5, 5.41) is 21.6. The smallest absolute Gasteiger partial charge is 0.0802 e. The molecule has 1 aromatic carbocycles. The molecule has 2 aliphatic rings. The first-order valence-corrected chi connectivity index (χ1v) is 12.2. The second-order valence-corrected chi connectivity index (χ2v) is 10.6. The zero-order chi connectivity index (χ0) is 22.4. The minimum atomic E-state index is -0.844. The van der Waals surface area contributed by atoms with Crippen molar-refractivity contribution >= 4 is 0 Å². The monoisotopic (exact) mass is 425 g/mol. The van der Waals surface area contributed by atoms with Gasteiger partial charge in [0.05, 0.1) is 11.7 Å². The van der Waals surface area contributed by atoms with Gasteiger partial charge in [-0.05, 0) is 96.8 Å². The predicted octanol–water partition coefficient (Wildman–Crippen LogP) is 5.30. The van der Waals surface area contributed by atoms with Crippen LogP contribution in [0.2, 0.25) is 0 Å². The molecule has 0 saturated heterocycles. The van der Waals surface area contributed by atoms with E-state index in [1.165, 1.54) is 43.4 Å². The highest BCUT2D eigenvalue weighted by atomic mass is 16.3. The maximum atomic E-state index is 10.9. The number of unbranched alkanes of at least 4 members (excludes halogenated alkanes) is 2. The van der Waals surface area contributed by atoms with Crippen LogP contribution in [0.4, 0.5) is 0 Å². The van der Waals surface area contributed by atoms with E-state index >= 15 is 0 Å². The molecule has 0 spiro atoms. The Kier molecular flexibility index (Phi) is 8.55. The third-order valence-electron chi connectivity index (χ3n) is 7.23. The normalized spacial score (nSPS) is 27.6. The summed E-state index contributed by atoms with van der Waals surface area (Å²) in [4.78, 5) is 2.26. The fourth-order valence-electron chi connectivity index (χ4n) is 5.41. The van der Waals surface area contributed by atoms with E-state index in [-0.39, 0.29) is 12.0 Å². The number of aliphatic hydroxyl groups excluding tert-OH is 1. The van der Waals surface area contributed by atoms with Crippen LogP contribution in [0.1, 0.15) is 63.0 Å². The second-order valence-electron chi connectivity index (χ2n) is 10.6. The molecule has 172 valence electrons. The lowest BCUT2D eigenvalue weighted by molar-refractivity contribution is 0.0989. The Labute approximate surface area is 189 Å². The number of aliphatic hydroxyl groups is 2. The van der Waals surface area contributed by atoms with Crippen molar-refractivity contribution in [2.75, 3.05) is 20.6 Å². The fraction of sp³-hybridized carbons (Fsp3) is 0.643. The van der Waals surface area contributed by atoms with Crippen molar-refractivity contribution in [3.8, 4) is 0 Å². The van der Waals surface area contributed by atoms with Gasteiger partial charge in [0.1, 0.15) is 0 Å². The zero-order valence-electron chi connectivity index (χ0n) is 20.1. The first kappa shape index (κ1) is 24.2. The van der Waals surface area contributed by atoms with Gasteiger partial charge in [0, 0.05) is 5.92 Å². The molecule has 3 nitrogen and oxygen atoms in total. The highest BCUT2D eigenvalue weighted by Crippen LogP contribution is 2.48. The lowest BCUT2D eigenvalue weighted by Gasteiger charge is -2.23. The number of hydrogen-bond acceptors (Lipinski definition) is 3. The second kappa shape index (κ2) is 10.9. The van der Waals surface area contributed by atoms with Crippen molar-refractivity contribution in [2.24, 2.45) is 17.8 Å². The van der Waals surface area contributed by atoms with E-state index < -0.39 is 5.60 Å². The minimum absolute atomic E-state index is 0.165. The molecule has 3 rings (SSSR count). The third-order valence-corrected chi connectivity index (χ3v) is 7.23. The summed E-state index contributed by atoms with van der Waals surface area (Å²) >= 11 is 0. The average molecular weight is 426 g/mol. The molecule has 0 aliphatic heterocycles. The lowest BCUT2D eigenvalue weighted by atomic mass is 9.87. The van der Waals surface area contributed by atoms with Crippen molar-refractivity contribution in [3.63, 3.8) is 0 Å². The first-order chi connectivity index (χ1) is 14.7. The largest absolute Gasteiger partial charge is 0.392 e. The van der Waals surface area contributed by atoms with Gasteiger partial charge in [-0.2, -0.15) is 0 Å². The molecule has 3 heteroatoms. The lowest BCUT2D eigenvalue weighted by Crippen LogP contribution is -2.24. The van der Waals surface area contributed by atoms with Gasteiger partial charge in [0.25, 0.3) is 0 Å². The van der Waals surface area contributed by atoms with Gasteiger partial charge in [0.15, 0.2) is 0 Å². The third kappa shape index (κ3) is 7.30. The number of allylic oxidation sites excluding steroid dienone is 2. The molecular weight excluding hydrogens is 382 g/mol. The van der Waals surface area contributed by atoms with Gasteiger partial charge in [0.2, 0.25) is 0 Å². The molecule has 0 aromatic heterocycles. The molecule has 2 N–H and O–H groups in total. The molecule has 31 heavy (non-hydrogen) atoms. The fourth-order valence-corrected chi connectivity index (χ4v) is 5.41. The average Bonchev–Trinajstić information content (AvgIpc) is 3.21. The molecule has 2 aliphatic carbocycles. The molecule has 5 atom stereocenters. The molecule has 1 aromatic rings. The predicted molar refractivity (Wildman–Crippen MR) is 130 cm³/mol. The van der Waals surface area contributed by atoms with Gasteiger partial charge < -0.3 is 15.1 Å². The molecule has 1 fully saturated rings. The number of nitrogens with zero attached hydrogens (tertiary/aromatic N) is 1. The Hall–Kier alpha value is -1.42. The molecule has 1 saturated carbocycles. The number of fused-ring (bicyclic) bond motifs is 1. The number of aryl methyl sites for hydroxylation is 2. The maximum Gasteiger partial charge on any atom is 0.0802 e. The van der Waals surface area contributed by atoms with Crippen molar-refractivity contribution < 1.29 is 10.2 Å². The van der Waals surface area contributed by atoms with Gasteiger partial charge in [-0.15, -0.1) is 0 Å². The summed E-state index contributed by atoms with van der Waals surface area (Å²) < 4.78 is 0. The van der Waals surface area contributed by atoms with Crippen LogP contribution in [0.15, 0.2) is 48.1 Å². The van der Waals surface area contributed by atoms with Crippen LogP contribution >= 0.6 is 0 Å². The molecule has 0 unspecified atom stereocenters. The van der Waals surface area contributed by atoms with E-state index in [0.717, 1.165) is 19.3 Å². The van der Waals surface area contributed by atoms with Crippen LogP contribution in [0.25, 0.3) is 0 Å². The quantitative estimate of drug-likeness (QED) is 0.373. The number of hydrogen-bond donors (Lipinski definition) is 2. The summed E-state index contributed by atoms with van der Waals surface area (Å²) in [6.45, 7) is 5.17. The Bertz CT molecular complexity index is 764. The van der Waals surface area contributed by atoms with Crippen LogP contribution in [0.3, 0.4) is 0 Å². The van der Waals surface area contributed by atoms with Gasteiger partial charge in [-0.1, -0.05) is 60.1 Å². The molecular formula is C28H43NO2. The van der Waals surface area contributed by atoms with E-state index in [9.17, 15) is 10.2 Å². The van der Waals surface area contributed by atoms with E-state index in [1.807, 2.05) is 13.0 Å². The molecule has 0 heterocycles. The van der Waals surface area contributed by atoms with Crippen molar-refractivity contribution in [1.29, 1.82) is 0 Å². The SMILES string of the molecule is Cc1cccc(CC[C@@](C)(O)C=C[C@@H]2[C@H]3CC(CCCCCN(C)C)=C[C@H]3C[C@H]2O)c1. The van der Waals surface area contributed by atoms with E-state index in [2.05, 4.69) is 62.3 Å². The minimum Gasteiger partial charge on any atom is -0.392 e. The van der Waals surface area contributed by atoms with Crippen LogP contribution < -0.4 is 0 Å². The van der Waals surface area contributed by atoms with Crippen LogP contribution in [-0.2, 0) is 6.42 Å². The van der Waals surface area contributed by atoms with Crippen molar-refractivity contribution in [2.45, 2.75) is 76.9 Å². The highest BCUT2D eigenvalue weighted by molar-refractivity contribution is 5.24. The van der Waals surface area contributed by atoms with Crippen molar-refractivity contribution in [3.05, 3.63) is 59.2 Å². The summed E-state index contributed by atoms with van der Waals surface area (Å²) in [7, 11) is 4.28. The number of benzene rings is 1. The van der Waals surface area contributed by atoms with Crippen LogP contribution in [0, 0.1) is 24.7 Å². The Morgan fingerprint density at radius 2 is 1.97 bits per heavy atom. The Morgan fingerprint density at radius 1 is 1.16 bits per heavy atom. The Morgan fingerprint density at radius 3 is 2.71 bits per heavy atom. The maximum absolute atomic E-state index is 10.9. The summed E-state index contributed by atoms with van der Waals surface area (Å²) in [6, 6.07) is 8.51. The Balaban J connectivity index is 1.48. The molecule has 0 amide bonds. The van der Waals surface area contributed by atoms with Gasteiger partial charge in [-0.25, -0.2) is 0 Å². The standard InChI is InChI=1S/C28H43NO2/c1-21-9-8-11-22(17-21)12-14-28(2,31)15-13-25-26-19-23(18-24(26)20-27(25)30)10-6-5-7-16-29(3)4/h8-9,11,13,15,17-18,24-27,30-31H,5-7,10,12,14,16,19-20H2,1-4H3/t24-,25+,26-,27+,28+/m0/s1. The summed E-state index contributed by atoms with van der Waals surface area (Å²) in [5.41, 5.74) is 3.28. The summed E-state index contributed by atoms with van der Waals surface area (Å²) in [5.74, 6) is 1.19. The molecule has 0 radical (unpaired) electrons. The van der Waals surface area contributed by atoms with Crippen LogP contribution in [-0.4, -0.2) is 47.5 Å². The van der Waals surface area contributed by atoms with E-state index in [1.54, 1.807) is 5.57 Å². The number of rotatable bonds is 11. The zero-order valence-corrected chi connectivity index (χ0v) is 20.1.